The quantitative estimate of drug-likeness (QED) is 0.339. The summed E-state index contributed by atoms with van der Waals surface area (Å²) in [6.45, 7) is 4.93. The molecule has 0 aromatic heterocycles. The maximum Gasteiger partial charge on any atom is 0.378 e. The van der Waals surface area contributed by atoms with Gasteiger partial charge in [0.2, 0.25) is 5.76 Å². The van der Waals surface area contributed by atoms with Gasteiger partial charge in [-0.05, 0) is 20.3 Å². The van der Waals surface area contributed by atoms with Crippen LogP contribution < -0.4 is 0 Å². The van der Waals surface area contributed by atoms with Gasteiger partial charge in [0, 0.05) is 0 Å². The molecule has 0 spiro atoms. The maximum atomic E-state index is 12.0. The molecule has 7 nitrogen and oxygen atoms in total. The highest BCUT2D eigenvalue weighted by atomic mass is 16.6. The standard InChI is InChI=1S/C18H32O7/c1-4-5-6-7-8-9-10-23-15-14(13(20)11-19)25-17(21)16(15)24-12-18(2,3)22/h13-14,19-20,22H,4-12H2,1-3H3/t13-,14+/m0/s1. The summed E-state index contributed by atoms with van der Waals surface area (Å²) < 4.78 is 16.1. The molecule has 1 heterocycles. The van der Waals surface area contributed by atoms with Crippen LogP contribution >= 0.6 is 0 Å². The summed E-state index contributed by atoms with van der Waals surface area (Å²) in [6, 6.07) is 0. The van der Waals surface area contributed by atoms with Crippen molar-refractivity contribution in [2.75, 3.05) is 19.8 Å². The van der Waals surface area contributed by atoms with Crippen molar-refractivity contribution in [3.05, 3.63) is 11.5 Å². The van der Waals surface area contributed by atoms with Crippen LogP contribution in [-0.2, 0) is 19.0 Å². The third-order valence-electron chi connectivity index (χ3n) is 3.76. The van der Waals surface area contributed by atoms with Crippen molar-refractivity contribution < 1.29 is 34.3 Å². The second kappa shape index (κ2) is 10.6. The van der Waals surface area contributed by atoms with Gasteiger partial charge in [-0.2, -0.15) is 0 Å². The molecule has 0 aromatic rings. The van der Waals surface area contributed by atoms with E-state index in [1.54, 1.807) is 13.8 Å². The second-order valence-corrected chi connectivity index (χ2v) is 6.99. The fraction of sp³-hybridized carbons (Fsp3) is 0.833. The summed E-state index contributed by atoms with van der Waals surface area (Å²) in [5.41, 5.74) is -1.13. The van der Waals surface area contributed by atoms with E-state index in [2.05, 4.69) is 6.92 Å². The zero-order valence-electron chi connectivity index (χ0n) is 15.5. The Hall–Kier alpha value is -1.31. The lowest BCUT2D eigenvalue weighted by Gasteiger charge is -2.19. The number of hydrogen-bond donors (Lipinski definition) is 3. The normalized spacial score (nSPS) is 19.1. The summed E-state index contributed by atoms with van der Waals surface area (Å²) in [5.74, 6) is -0.824. The monoisotopic (exact) mass is 360 g/mol. The minimum absolute atomic E-state index is 0.0874. The first-order chi connectivity index (χ1) is 11.8. The topological polar surface area (TPSA) is 105 Å². The molecule has 7 heteroatoms. The van der Waals surface area contributed by atoms with Crippen molar-refractivity contribution in [1.82, 2.24) is 0 Å². The smallest absolute Gasteiger partial charge is 0.378 e. The summed E-state index contributed by atoms with van der Waals surface area (Å²) in [5, 5.41) is 28.7. The molecule has 0 fully saturated rings. The molecule has 2 atom stereocenters. The lowest BCUT2D eigenvalue weighted by Crippen LogP contribution is -2.32. The first kappa shape index (κ1) is 21.7. The Morgan fingerprint density at radius 1 is 1.16 bits per heavy atom. The summed E-state index contributed by atoms with van der Waals surface area (Å²) in [7, 11) is 0. The third kappa shape index (κ3) is 7.63. The molecular weight excluding hydrogens is 328 g/mol. The number of carbonyl (C=O) groups excluding carboxylic acids is 1. The van der Waals surface area contributed by atoms with E-state index in [-0.39, 0.29) is 18.1 Å². The molecule has 0 unspecified atom stereocenters. The van der Waals surface area contributed by atoms with Crippen molar-refractivity contribution in [3.8, 4) is 0 Å². The van der Waals surface area contributed by atoms with Gasteiger partial charge in [-0.15, -0.1) is 0 Å². The van der Waals surface area contributed by atoms with Crippen LogP contribution in [0, 0.1) is 0 Å². The van der Waals surface area contributed by atoms with Crippen LogP contribution in [0.3, 0.4) is 0 Å². The average Bonchev–Trinajstić information content (AvgIpc) is 2.86. The lowest BCUT2D eigenvalue weighted by molar-refractivity contribution is -0.149. The van der Waals surface area contributed by atoms with Gasteiger partial charge in [-0.25, -0.2) is 4.79 Å². The van der Waals surface area contributed by atoms with Gasteiger partial charge in [-0.3, -0.25) is 0 Å². The summed E-state index contributed by atoms with van der Waals surface area (Å²) in [6.07, 6.45) is 4.15. The van der Waals surface area contributed by atoms with E-state index in [0.717, 1.165) is 19.3 Å². The summed E-state index contributed by atoms with van der Waals surface area (Å²) >= 11 is 0. The maximum absolute atomic E-state index is 12.0. The molecule has 0 aliphatic carbocycles. The number of aliphatic hydroxyl groups excluding tert-OH is 2. The van der Waals surface area contributed by atoms with Gasteiger partial charge >= 0.3 is 5.97 Å². The first-order valence-electron chi connectivity index (χ1n) is 9.02. The van der Waals surface area contributed by atoms with E-state index in [9.17, 15) is 15.0 Å². The molecule has 1 rings (SSSR count). The molecule has 25 heavy (non-hydrogen) atoms. The molecule has 146 valence electrons. The molecule has 0 saturated carbocycles. The number of cyclic esters (lactones) is 1. The van der Waals surface area contributed by atoms with E-state index in [1.807, 2.05) is 0 Å². The molecule has 0 amide bonds. The highest BCUT2D eigenvalue weighted by molar-refractivity contribution is 5.89. The molecular formula is C18H32O7. The van der Waals surface area contributed by atoms with E-state index < -0.39 is 30.4 Å². The molecule has 0 radical (unpaired) electrons. The zero-order valence-corrected chi connectivity index (χ0v) is 15.5. The molecule has 3 N–H and O–H groups in total. The second-order valence-electron chi connectivity index (χ2n) is 6.99. The van der Waals surface area contributed by atoms with Gasteiger partial charge in [0.1, 0.15) is 12.7 Å². The van der Waals surface area contributed by atoms with E-state index in [1.165, 1.54) is 19.3 Å². The Bertz CT molecular complexity index is 439. The number of hydrogen-bond acceptors (Lipinski definition) is 7. The van der Waals surface area contributed by atoms with E-state index in [4.69, 9.17) is 19.3 Å². The highest BCUT2D eigenvalue weighted by Gasteiger charge is 2.42. The molecule has 0 saturated heterocycles. The van der Waals surface area contributed by atoms with Crippen LogP contribution in [-0.4, -0.2) is 58.9 Å². The number of esters is 1. The number of aliphatic hydroxyl groups is 3. The Morgan fingerprint density at radius 3 is 2.40 bits per heavy atom. The van der Waals surface area contributed by atoms with Gasteiger partial charge in [0.15, 0.2) is 11.9 Å². The van der Waals surface area contributed by atoms with Crippen molar-refractivity contribution in [3.63, 3.8) is 0 Å². The molecule has 1 aliphatic rings. The van der Waals surface area contributed by atoms with Crippen molar-refractivity contribution >= 4 is 5.97 Å². The average molecular weight is 360 g/mol. The van der Waals surface area contributed by atoms with Crippen LogP contribution in [0.1, 0.15) is 59.3 Å². The van der Waals surface area contributed by atoms with Crippen molar-refractivity contribution in [1.29, 1.82) is 0 Å². The molecule has 0 bridgehead atoms. The van der Waals surface area contributed by atoms with Gasteiger partial charge < -0.3 is 29.5 Å². The Labute approximate surface area is 149 Å². The number of ether oxygens (including phenoxy) is 3. The minimum Gasteiger partial charge on any atom is -0.490 e. The van der Waals surface area contributed by atoms with Crippen LogP contribution in [0.4, 0.5) is 0 Å². The van der Waals surface area contributed by atoms with E-state index >= 15 is 0 Å². The first-order valence-corrected chi connectivity index (χ1v) is 9.02. The highest BCUT2D eigenvalue weighted by Crippen LogP contribution is 2.28. The van der Waals surface area contributed by atoms with Crippen LogP contribution in [0.5, 0.6) is 0 Å². The predicted molar refractivity (Wildman–Crippen MR) is 91.6 cm³/mol. The Balaban J connectivity index is 2.65. The minimum atomic E-state index is -1.29. The largest absolute Gasteiger partial charge is 0.490 e. The predicted octanol–water partition coefficient (Wildman–Crippen LogP) is 1.64. The van der Waals surface area contributed by atoms with Crippen molar-refractivity contribution in [2.24, 2.45) is 0 Å². The van der Waals surface area contributed by atoms with Gasteiger partial charge in [0.25, 0.3) is 0 Å². The van der Waals surface area contributed by atoms with Crippen LogP contribution in [0.15, 0.2) is 11.5 Å². The van der Waals surface area contributed by atoms with E-state index in [0.29, 0.717) is 6.61 Å². The lowest BCUT2D eigenvalue weighted by atomic mass is 10.1. The van der Waals surface area contributed by atoms with Gasteiger partial charge in [-0.1, -0.05) is 39.0 Å². The summed E-state index contributed by atoms with van der Waals surface area (Å²) in [4.78, 5) is 12.0. The zero-order chi connectivity index (χ0) is 18.9. The number of rotatable bonds is 13. The van der Waals surface area contributed by atoms with Gasteiger partial charge in [0.05, 0.1) is 18.8 Å². The molecule has 1 aliphatic heterocycles. The third-order valence-corrected chi connectivity index (χ3v) is 3.76. The fourth-order valence-corrected chi connectivity index (χ4v) is 2.39. The number of unbranched alkanes of at least 4 members (excludes halogenated alkanes) is 5. The van der Waals surface area contributed by atoms with Crippen molar-refractivity contribution in [2.45, 2.75) is 77.1 Å². The Morgan fingerprint density at radius 2 is 1.80 bits per heavy atom. The SMILES string of the molecule is CCCCCCCCOC1=C(OCC(C)(C)O)C(=O)O[C@@H]1[C@@H](O)CO. The van der Waals surface area contributed by atoms with Crippen LogP contribution in [0.25, 0.3) is 0 Å². The number of carbonyl (C=O) groups is 1. The van der Waals surface area contributed by atoms with Crippen LogP contribution in [0.2, 0.25) is 0 Å². The fourth-order valence-electron chi connectivity index (χ4n) is 2.39. The molecule has 0 aromatic carbocycles. The Kier molecular flexibility index (Phi) is 9.24.